The van der Waals surface area contributed by atoms with E-state index in [-0.39, 0.29) is 5.69 Å². The third-order valence-electron chi connectivity index (χ3n) is 3.47. The van der Waals surface area contributed by atoms with Crippen LogP contribution in [0.3, 0.4) is 0 Å². The zero-order valence-electron chi connectivity index (χ0n) is 10.6. The zero-order valence-corrected chi connectivity index (χ0v) is 12.2. The van der Waals surface area contributed by atoms with Gasteiger partial charge in [-0.1, -0.05) is 19.3 Å². The fourth-order valence-electron chi connectivity index (χ4n) is 2.44. The normalized spacial score (nSPS) is 18.0. The van der Waals surface area contributed by atoms with Crippen LogP contribution < -0.4 is 5.32 Å². The first-order valence-electron chi connectivity index (χ1n) is 6.20. The molecule has 0 atom stereocenters. The summed E-state index contributed by atoms with van der Waals surface area (Å²) in [5.41, 5.74) is -0.930. The minimum Gasteiger partial charge on any atom is -0.480 e. The Morgan fingerprint density at radius 1 is 1.42 bits per heavy atom. The molecule has 1 aliphatic carbocycles. The van der Waals surface area contributed by atoms with Crippen LogP contribution >= 0.6 is 15.9 Å². The van der Waals surface area contributed by atoms with Gasteiger partial charge in [-0.3, -0.25) is 9.48 Å². The molecule has 6 nitrogen and oxygen atoms in total. The molecule has 0 unspecified atom stereocenters. The third kappa shape index (κ3) is 2.80. The number of carboxylic acids is 1. The smallest absolute Gasteiger partial charge is 0.329 e. The van der Waals surface area contributed by atoms with Crippen molar-refractivity contribution in [3.05, 3.63) is 16.4 Å². The summed E-state index contributed by atoms with van der Waals surface area (Å²) < 4.78 is 2.07. The van der Waals surface area contributed by atoms with Crippen LogP contribution in [0.25, 0.3) is 0 Å². The average molecular weight is 330 g/mol. The zero-order chi connectivity index (χ0) is 14.0. The summed E-state index contributed by atoms with van der Waals surface area (Å²) in [6.07, 6.45) is 5.24. The molecule has 1 amide bonds. The maximum atomic E-state index is 12.2. The predicted octanol–water partition coefficient (Wildman–Crippen LogP) is 1.70. The van der Waals surface area contributed by atoms with Crippen LogP contribution in [0.15, 0.2) is 10.7 Å². The van der Waals surface area contributed by atoms with Crippen molar-refractivity contribution in [2.24, 2.45) is 7.05 Å². The van der Waals surface area contributed by atoms with Crippen molar-refractivity contribution in [1.82, 2.24) is 15.1 Å². The number of hydrogen-bond donors (Lipinski definition) is 2. The van der Waals surface area contributed by atoms with Crippen LogP contribution in [0.1, 0.15) is 42.6 Å². The van der Waals surface area contributed by atoms with Crippen molar-refractivity contribution in [2.45, 2.75) is 37.6 Å². The molecule has 1 heterocycles. The number of hydrogen-bond acceptors (Lipinski definition) is 3. The number of nitrogens with zero attached hydrogens (tertiary/aromatic N) is 2. The Kier molecular flexibility index (Phi) is 3.93. The van der Waals surface area contributed by atoms with E-state index in [2.05, 4.69) is 26.3 Å². The van der Waals surface area contributed by atoms with E-state index < -0.39 is 17.4 Å². The van der Waals surface area contributed by atoms with E-state index in [1.165, 1.54) is 4.68 Å². The van der Waals surface area contributed by atoms with Gasteiger partial charge in [0.25, 0.3) is 5.91 Å². The summed E-state index contributed by atoms with van der Waals surface area (Å²) in [7, 11) is 1.70. The van der Waals surface area contributed by atoms with Crippen molar-refractivity contribution in [1.29, 1.82) is 0 Å². The number of carbonyl (C=O) groups is 2. The quantitative estimate of drug-likeness (QED) is 0.883. The first-order valence-corrected chi connectivity index (χ1v) is 6.99. The van der Waals surface area contributed by atoms with E-state index in [1.807, 2.05) is 0 Å². The topological polar surface area (TPSA) is 84.2 Å². The molecule has 0 aliphatic heterocycles. The average Bonchev–Trinajstić information content (AvgIpc) is 2.69. The summed E-state index contributed by atoms with van der Waals surface area (Å²) in [6, 6.07) is 0. The van der Waals surface area contributed by atoms with Gasteiger partial charge in [-0.2, -0.15) is 5.10 Å². The number of aryl methyl sites for hydroxylation is 1. The molecule has 2 N–H and O–H groups in total. The highest BCUT2D eigenvalue weighted by Gasteiger charge is 2.41. The van der Waals surface area contributed by atoms with E-state index in [0.717, 1.165) is 19.3 Å². The second kappa shape index (κ2) is 5.32. The predicted molar refractivity (Wildman–Crippen MR) is 71.8 cm³/mol. The highest BCUT2D eigenvalue weighted by Crippen LogP contribution is 2.29. The highest BCUT2D eigenvalue weighted by molar-refractivity contribution is 9.10. The van der Waals surface area contributed by atoms with Gasteiger partial charge >= 0.3 is 5.97 Å². The Balaban J connectivity index is 2.20. The van der Waals surface area contributed by atoms with Crippen molar-refractivity contribution in [3.8, 4) is 0 Å². The largest absolute Gasteiger partial charge is 0.480 e. The number of aromatic nitrogens is 2. The van der Waals surface area contributed by atoms with Crippen LogP contribution in [0.4, 0.5) is 0 Å². The van der Waals surface area contributed by atoms with Gasteiger partial charge in [-0.15, -0.1) is 0 Å². The maximum absolute atomic E-state index is 12.2. The summed E-state index contributed by atoms with van der Waals surface area (Å²) in [4.78, 5) is 23.7. The van der Waals surface area contributed by atoms with Gasteiger partial charge in [0, 0.05) is 13.2 Å². The Morgan fingerprint density at radius 2 is 2.05 bits per heavy atom. The molecule has 1 fully saturated rings. The van der Waals surface area contributed by atoms with Crippen molar-refractivity contribution in [2.75, 3.05) is 0 Å². The Morgan fingerprint density at radius 3 is 2.53 bits per heavy atom. The lowest BCUT2D eigenvalue weighted by Gasteiger charge is -2.33. The summed E-state index contributed by atoms with van der Waals surface area (Å²) >= 11 is 3.25. The molecule has 19 heavy (non-hydrogen) atoms. The molecule has 0 bridgehead atoms. The minimum absolute atomic E-state index is 0.216. The molecule has 104 valence electrons. The van der Waals surface area contributed by atoms with Gasteiger partial charge in [0.15, 0.2) is 5.69 Å². The van der Waals surface area contributed by atoms with E-state index in [9.17, 15) is 14.7 Å². The maximum Gasteiger partial charge on any atom is 0.329 e. The van der Waals surface area contributed by atoms with Crippen LogP contribution in [-0.4, -0.2) is 32.3 Å². The molecule has 1 aromatic rings. The monoisotopic (exact) mass is 329 g/mol. The Bertz CT molecular complexity index is 506. The van der Waals surface area contributed by atoms with E-state index in [1.54, 1.807) is 13.2 Å². The summed E-state index contributed by atoms with van der Waals surface area (Å²) in [6.45, 7) is 0. The molecular weight excluding hydrogens is 314 g/mol. The Hall–Kier alpha value is -1.37. The van der Waals surface area contributed by atoms with Crippen LogP contribution in [-0.2, 0) is 11.8 Å². The van der Waals surface area contributed by atoms with Crippen molar-refractivity contribution < 1.29 is 14.7 Å². The minimum atomic E-state index is -1.15. The number of amides is 1. The Labute approximate surface area is 119 Å². The van der Waals surface area contributed by atoms with Gasteiger partial charge in [0.2, 0.25) is 0 Å². The lowest BCUT2D eigenvalue weighted by molar-refractivity contribution is -0.145. The van der Waals surface area contributed by atoms with E-state index in [0.29, 0.717) is 17.3 Å². The molecule has 1 saturated carbocycles. The van der Waals surface area contributed by atoms with Crippen molar-refractivity contribution in [3.63, 3.8) is 0 Å². The van der Waals surface area contributed by atoms with Crippen LogP contribution in [0, 0.1) is 0 Å². The summed E-state index contributed by atoms with van der Waals surface area (Å²) in [5, 5.41) is 16.1. The molecular formula is C12H16BrN3O3. The number of aliphatic carboxylic acids is 1. The standard InChI is InChI=1S/C12H16BrN3O3/c1-16-7-8(13)9(15-16)10(17)14-12(11(18)19)5-3-2-4-6-12/h7H,2-6H2,1H3,(H,14,17)(H,18,19). The molecule has 0 radical (unpaired) electrons. The number of carbonyl (C=O) groups excluding carboxylic acids is 1. The fourth-order valence-corrected chi connectivity index (χ4v) is 2.99. The van der Waals surface area contributed by atoms with Gasteiger partial charge in [-0.05, 0) is 28.8 Å². The first-order chi connectivity index (χ1) is 8.94. The number of rotatable bonds is 3. The SMILES string of the molecule is Cn1cc(Br)c(C(=O)NC2(C(=O)O)CCCCC2)n1. The van der Waals surface area contributed by atoms with Crippen LogP contribution in [0.5, 0.6) is 0 Å². The number of nitrogens with one attached hydrogen (secondary N) is 1. The molecule has 0 aromatic carbocycles. The van der Waals surface area contributed by atoms with E-state index >= 15 is 0 Å². The van der Waals surface area contributed by atoms with Gasteiger partial charge in [-0.25, -0.2) is 4.79 Å². The lowest BCUT2D eigenvalue weighted by atomic mass is 9.81. The molecule has 7 heteroatoms. The molecule has 2 rings (SSSR count). The summed E-state index contributed by atoms with van der Waals surface area (Å²) in [5.74, 6) is -1.41. The molecule has 1 aliphatic rings. The van der Waals surface area contributed by atoms with Gasteiger partial charge < -0.3 is 10.4 Å². The number of carboxylic acid groups (broad SMARTS) is 1. The first kappa shape index (κ1) is 14.0. The van der Waals surface area contributed by atoms with E-state index in [4.69, 9.17) is 0 Å². The lowest BCUT2D eigenvalue weighted by Crippen LogP contribution is -2.55. The van der Waals surface area contributed by atoms with Crippen LogP contribution in [0.2, 0.25) is 0 Å². The second-order valence-corrected chi connectivity index (χ2v) is 5.76. The molecule has 1 aromatic heterocycles. The second-order valence-electron chi connectivity index (χ2n) is 4.90. The fraction of sp³-hybridized carbons (Fsp3) is 0.583. The number of halogens is 1. The third-order valence-corrected chi connectivity index (χ3v) is 4.05. The van der Waals surface area contributed by atoms with Gasteiger partial charge in [0.05, 0.1) is 4.47 Å². The molecule has 0 saturated heterocycles. The van der Waals surface area contributed by atoms with Crippen molar-refractivity contribution >= 4 is 27.8 Å². The van der Waals surface area contributed by atoms with Gasteiger partial charge in [0.1, 0.15) is 5.54 Å². The molecule has 0 spiro atoms. The highest BCUT2D eigenvalue weighted by atomic mass is 79.9.